The van der Waals surface area contributed by atoms with Crippen molar-refractivity contribution in [2.45, 2.75) is 0 Å². The van der Waals surface area contributed by atoms with Crippen LogP contribution in [0.15, 0.2) is 12.4 Å². The molecule has 0 aromatic carbocycles. The van der Waals surface area contributed by atoms with Crippen LogP contribution in [0, 0.1) is 0 Å². The summed E-state index contributed by atoms with van der Waals surface area (Å²) < 4.78 is 7.21. The normalized spacial score (nSPS) is 11.5. The molecule has 0 saturated heterocycles. The molecular weight excluding hydrogens is 156 g/mol. The van der Waals surface area contributed by atoms with Crippen LogP contribution in [0.25, 0.3) is 11.2 Å². The Bertz CT molecular complexity index is 470. The van der Waals surface area contributed by atoms with Gasteiger partial charge < -0.3 is 11.5 Å². The molecule has 0 fully saturated rings. The first-order valence-corrected chi connectivity index (χ1v) is 3.19. The number of aromatic nitrogens is 4. The maximum absolute atomic E-state index is 7.21. The van der Waals surface area contributed by atoms with Crippen LogP contribution < -0.4 is 11.5 Å². The van der Waals surface area contributed by atoms with Crippen molar-refractivity contribution in [2.24, 2.45) is 0 Å². The van der Waals surface area contributed by atoms with E-state index in [1.54, 1.807) is 0 Å². The van der Waals surface area contributed by atoms with Crippen LogP contribution in [0.4, 0.5) is 11.8 Å². The van der Waals surface area contributed by atoms with E-state index < -0.39 is 0 Å². The number of fused-ring (bicyclic) bond motifs is 1. The maximum atomic E-state index is 7.21. The lowest BCUT2D eigenvalue weighted by Crippen LogP contribution is -2.02. The summed E-state index contributed by atoms with van der Waals surface area (Å²) in [7, 11) is 0. The lowest BCUT2D eigenvalue weighted by molar-refractivity contribution is 1.16. The second-order valence-electron chi connectivity index (χ2n) is 2.14. The number of nitrogen functional groups attached to an aromatic ring is 2. The van der Waals surface area contributed by atoms with Crippen molar-refractivity contribution < 1.29 is 1.37 Å². The topological polar surface area (TPSA) is 104 Å². The number of anilines is 2. The van der Waals surface area contributed by atoms with Crippen molar-refractivity contribution in [3.63, 3.8) is 0 Å². The van der Waals surface area contributed by atoms with E-state index in [4.69, 9.17) is 12.8 Å². The van der Waals surface area contributed by atoms with Crippen LogP contribution in [-0.2, 0) is 0 Å². The van der Waals surface area contributed by atoms with Gasteiger partial charge in [0.1, 0.15) is 5.52 Å². The predicted octanol–water partition coefficient (Wildman–Crippen LogP) is -0.416. The van der Waals surface area contributed by atoms with Gasteiger partial charge in [0.25, 0.3) is 0 Å². The van der Waals surface area contributed by atoms with Gasteiger partial charge in [-0.05, 0) is 0 Å². The number of nitrogens with two attached hydrogens (primary N) is 2. The quantitative estimate of drug-likeness (QED) is 0.546. The van der Waals surface area contributed by atoms with Gasteiger partial charge in [0.2, 0.25) is 5.95 Å². The fourth-order valence-electron chi connectivity index (χ4n) is 0.858. The molecule has 6 nitrogen and oxygen atoms in total. The van der Waals surface area contributed by atoms with E-state index in [9.17, 15) is 0 Å². The number of nitrogens with zero attached hydrogens (tertiary/aromatic N) is 4. The Morgan fingerprint density at radius 3 is 2.92 bits per heavy atom. The SMILES string of the molecule is [2H]c1cnc2nc(N)nc(N)c2n1. The Balaban J connectivity index is 2.87. The fourth-order valence-corrected chi connectivity index (χ4v) is 0.858. The van der Waals surface area contributed by atoms with Crippen LogP contribution in [0.5, 0.6) is 0 Å². The van der Waals surface area contributed by atoms with Crippen LogP contribution in [0.3, 0.4) is 0 Å². The van der Waals surface area contributed by atoms with E-state index in [2.05, 4.69) is 19.9 Å². The molecule has 0 atom stereocenters. The molecule has 0 unspecified atom stereocenters. The smallest absolute Gasteiger partial charge is 0.224 e. The highest BCUT2D eigenvalue weighted by Crippen LogP contribution is 2.11. The molecule has 0 bridgehead atoms. The molecule has 6 heteroatoms. The molecule has 0 amide bonds. The summed E-state index contributed by atoms with van der Waals surface area (Å²) in [6.45, 7) is 0. The lowest BCUT2D eigenvalue weighted by Gasteiger charge is -1.98. The highest BCUT2D eigenvalue weighted by Gasteiger charge is 2.03. The zero-order chi connectivity index (χ0) is 9.42. The molecule has 2 aromatic rings. The highest BCUT2D eigenvalue weighted by molar-refractivity contribution is 5.81. The number of rotatable bonds is 0. The molecule has 0 aliphatic heterocycles. The fraction of sp³-hybridized carbons (Fsp3) is 0. The summed E-state index contributed by atoms with van der Waals surface area (Å²) in [4.78, 5) is 15.2. The zero-order valence-electron chi connectivity index (χ0n) is 7.02. The molecule has 2 rings (SSSR count). The molecule has 12 heavy (non-hydrogen) atoms. The number of hydrogen-bond acceptors (Lipinski definition) is 6. The van der Waals surface area contributed by atoms with E-state index in [1.165, 1.54) is 6.20 Å². The van der Waals surface area contributed by atoms with E-state index >= 15 is 0 Å². The molecule has 0 aliphatic rings. The molecule has 0 radical (unpaired) electrons. The summed E-state index contributed by atoms with van der Waals surface area (Å²) in [6.07, 6.45) is 1.29. The predicted molar refractivity (Wildman–Crippen MR) is 44.0 cm³/mol. The maximum Gasteiger partial charge on any atom is 0.224 e. The highest BCUT2D eigenvalue weighted by atomic mass is 15.1. The minimum Gasteiger partial charge on any atom is -0.382 e. The lowest BCUT2D eigenvalue weighted by atomic mass is 10.5. The Labute approximate surface area is 69.1 Å². The van der Waals surface area contributed by atoms with Crippen LogP contribution >= 0.6 is 0 Å². The molecule has 0 saturated carbocycles. The average molecular weight is 163 g/mol. The van der Waals surface area contributed by atoms with Crippen LogP contribution in [-0.4, -0.2) is 19.9 Å². The van der Waals surface area contributed by atoms with E-state index in [0.717, 1.165) is 0 Å². The van der Waals surface area contributed by atoms with Crippen LogP contribution in [0.1, 0.15) is 1.37 Å². The third-order valence-corrected chi connectivity index (χ3v) is 1.33. The molecule has 4 N–H and O–H groups in total. The van der Waals surface area contributed by atoms with Gasteiger partial charge in [-0.3, -0.25) is 0 Å². The van der Waals surface area contributed by atoms with Crippen LogP contribution in [0.2, 0.25) is 0 Å². The standard InChI is InChI=1S/C6H6N6/c7-4-3-5(10-2-1-9-3)12-6(8)11-4/h1-2H,(H4,7,8,10,11,12)/i1D. The number of hydrogen-bond donors (Lipinski definition) is 2. The Morgan fingerprint density at radius 2 is 2.08 bits per heavy atom. The molecule has 2 heterocycles. The molecule has 0 spiro atoms. The van der Waals surface area contributed by atoms with Gasteiger partial charge in [0.15, 0.2) is 11.5 Å². The van der Waals surface area contributed by atoms with Crippen molar-refractivity contribution >= 4 is 22.9 Å². The zero-order valence-corrected chi connectivity index (χ0v) is 6.02. The third-order valence-electron chi connectivity index (χ3n) is 1.33. The van der Waals surface area contributed by atoms with Crippen molar-refractivity contribution in [1.29, 1.82) is 0 Å². The van der Waals surface area contributed by atoms with Crippen molar-refractivity contribution in [2.75, 3.05) is 11.5 Å². The van der Waals surface area contributed by atoms with Gasteiger partial charge in [0, 0.05) is 12.4 Å². The van der Waals surface area contributed by atoms with Gasteiger partial charge in [-0.25, -0.2) is 9.97 Å². The minimum absolute atomic E-state index is 0.0209. The minimum atomic E-state index is 0.0209. The first kappa shape index (κ1) is 5.64. The van der Waals surface area contributed by atoms with E-state index in [1.807, 2.05) is 0 Å². The van der Waals surface area contributed by atoms with Crippen molar-refractivity contribution in [3.8, 4) is 0 Å². The van der Waals surface area contributed by atoms with E-state index in [0.29, 0.717) is 11.2 Å². The molecular formula is C6H6N6. The third kappa shape index (κ3) is 0.895. The summed E-state index contributed by atoms with van der Waals surface area (Å²) in [5.74, 6) is 0.195. The average Bonchev–Trinajstić information content (AvgIpc) is 2.06. The first-order chi connectivity index (χ1) is 6.16. The Kier molecular flexibility index (Phi) is 1.06. The van der Waals surface area contributed by atoms with Crippen molar-refractivity contribution in [1.82, 2.24) is 19.9 Å². The summed E-state index contributed by atoms with van der Waals surface area (Å²) >= 11 is 0. The molecule has 2 aromatic heterocycles. The monoisotopic (exact) mass is 163 g/mol. The molecule has 0 aliphatic carbocycles. The Hall–Kier alpha value is -1.98. The van der Waals surface area contributed by atoms with Gasteiger partial charge in [-0.15, -0.1) is 0 Å². The summed E-state index contributed by atoms with van der Waals surface area (Å²) in [6, 6.07) is 0. The molecule has 60 valence electrons. The van der Waals surface area contributed by atoms with Gasteiger partial charge in [-0.2, -0.15) is 9.97 Å². The van der Waals surface area contributed by atoms with Gasteiger partial charge >= 0.3 is 0 Å². The van der Waals surface area contributed by atoms with Gasteiger partial charge in [-0.1, -0.05) is 0 Å². The second-order valence-corrected chi connectivity index (χ2v) is 2.14. The Morgan fingerprint density at radius 1 is 1.25 bits per heavy atom. The van der Waals surface area contributed by atoms with Gasteiger partial charge in [0.05, 0.1) is 1.37 Å². The van der Waals surface area contributed by atoms with Crippen molar-refractivity contribution in [3.05, 3.63) is 12.4 Å². The summed E-state index contributed by atoms with van der Waals surface area (Å²) in [5.41, 5.74) is 11.5. The second kappa shape index (κ2) is 2.26. The largest absolute Gasteiger partial charge is 0.382 e. The first-order valence-electron chi connectivity index (χ1n) is 3.69. The summed E-state index contributed by atoms with van der Waals surface area (Å²) in [5, 5.41) is 0. The van der Waals surface area contributed by atoms with E-state index in [-0.39, 0.29) is 17.9 Å².